The van der Waals surface area contributed by atoms with Crippen molar-refractivity contribution in [2.24, 2.45) is 0 Å². The summed E-state index contributed by atoms with van der Waals surface area (Å²) in [6.45, 7) is 2.46. The molecule has 0 unspecified atom stereocenters. The minimum atomic E-state index is -0.266. The Hall–Kier alpha value is -3.08. The number of amides is 1. The molecular formula is C19H18N2O3. The molecule has 0 aliphatic carbocycles. The summed E-state index contributed by atoms with van der Waals surface area (Å²) >= 11 is 0. The van der Waals surface area contributed by atoms with Crippen LogP contribution in [0.25, 0.3) is 11.3 Å². The highest BCUT2D eigenvalue weighted by Crippen LogP contribution is 2.25. The van der Waals surface area contributed by atoms with Crippen molar-refractivity contribution in [3.8, 4) is 17.1 Å². The molecule has 1 heterocycles. The number of hydrogen-bond acceptors (Lipinski definition) is 4. The first kappa shape index (κ1) is 15.8. The van der Waals surface area contributed by atoms with E-state index in [-0.39, 0.29) is 11.6 Å². The zero-order valence-electron chi connectivity index (χ0n) is 13.6. The van der Waals surface area contributed by atoms with Crippen LogP contribution in [-0.4, -0.2) is 18.0 Å². The van der Waals surface area contributed by atoms with Crippen LogP contribution < -0.4 is 10.1 Å². The first-order valence-corrected chi connectivity index (χ1v) is 7.59. The number of benzene rings is 2. The number of carbonyl (C=O) groups excluding carboxylic acids is 1. The number of carbonyl (C=O) groups is 1. The van der Waals surface area contributed by atoms with Crippen molar-refractivity contribution in [1.82, 2.24) is 10.3 Å². The average molecular weight is 322 g/mol. The largest absolute Gasteiger partial charge is 0.497 e. The summed E-state index contributed by atoms with van der Waals surface area (Å²) in [5.41, 5.74) is 3.25. The maximum atomic E-state index is 12.4. The Bertz CT molecular complexity index is 838. The Morgan fingerprint density at radius 3 is 2.62 bits per heavy atom. The molecule has 5 nitrogen and oxygen atoms in total. The Balaban J connectivity index is 1.76. The fourth-order valence-corrected chi connectivity index (χ4v) is 2.42. The highest BCUT2D eigenvalue weighted by Gasteiger charge is 2.18. The van der Waals surface area contributed by atoms with Crippen molar-refractivity contribution >= 4 is 5.91 Å². The number of nitrogens with zero attached hydrogens (tertiary/aromatic N) is 1. The first-order valence-electron chi connectivity index (χ1n) is 7.59. The molecular weight excluding hydrogens is 304 g/mol. The number of rotatable bonds is 5. The van der Waals surface area contributed by atoms with Crippen LogP contribution in [-0.2, 0) is 6.54 Å². The number of methoxy groups -OCH3 is 1. The predicted molar refractivity (Wildman–Crippen MR) is 90.8 cm³/mol. The van der Waals surface area contributed by atoms with E-state index >= 15 is 0 Å². The van der Waals surface area contributed by atoms with Crippen LogP contribution in [0.5, 0.6) is 5.75 Å². The third-order valence-corrected chi connectivity index (χ3v) is 3.84. The summed E-state index contributed by atoms with van der Waals surface area (Å²) in [6.07, 6.45) is 1.28. The van der Waals surface area contributed by atoms with E-state index < -0.39 is 0 Å². The lowest BCUT2D eigenvalue weighted by molar-refractivity contribution is 0.0946. The Morgan fingerprint density at radius 1 is 1.17 bits per heavy atom. The number of aromatic nitrogens is 1. The summed E-state index contributed by atoms with van der Waals surface area (Å²) in [4.78, 5) is 16.5. The summed E-state index contributed by atoms with van der Waals surface area (Å²) in [5.74, 6) is 0.918. The summed E-state index contributed by atoms with van der Waals surface area (Å²) < 4.78 is 10.5. The second-order valence-corrected chi connectivity index (χ2v) is 5.37. The van der Waals surface area contributed by atoms with E-state index in [1.165, 1.54) is 6.39 Å². The molecule has 2 aromatic carbocycles. The highest BCUT2D eigenvalue weighted by atomic mass is 16.5. The Kier molecular flexibility index (Phi) is 4.61. The van der Waals surface area contributed by atoms with Crippen LogP contribution in [0, 0.1) is 6.92 Å². The number of oxazole rings is 1. The molecule has 5 heteroatoms. The molecule has 3 rings (SSSR count). The maximum Gasteiger partial charge on any atom is 0.274 e. The molecule has 3 aromatic rings. The van der Waals surface area contributed by atoms with E-state index in [0.717, 1.165) is 22.4 Å². The number of ether oxygens (including phenoxy) is 1. The normalized spacial score (nSPS) is 10.4. The third-order valence-electron chi connectivity index (χ3n) is 3.84. The Morgan fingerprint density at radius 2 is 1.92 bits per heavy atom. The van der Waals surface area contributed by atoms with Crippen LogP contribution in [0.15, 0.2) is 59.3 Å². The molecule has 24 heavy (non-hydrogen) atoms. The molecule has 0 aliphatic heterocycles. The number of nitrogens with one attached hydrogen (secondary N) is 1. The van der Waals surface area contributed by atoms with Gasteiger partial charge in [-0.2, -0.15) is 0 Å². The van der Waals surface area contributed by atoms with Gasteiger partial charge in [-0.05, 0) is 42.3 Å². The van der Waals surface area contributed by atoms with Crippen LogP contribution >= 0.6 is 0 Å². The molecule has 0 atom stereocenters. The summed E-state index contributed by atoms with van der Waals surface area (Å²) in [7, 11) is 1.61. The third kappa shape index (κ3) is 3.30. The van der Waals surface area contributed by atoms with Gasteiger partial charge in [0.2, 0.25) is 0 Å². The molecule has 0 fully saturated rings. The van der Waals surface area contributed by atoms with Crippen molar-refractivity contribution < 1.29 is 13.9 Å². The molecule has 0 saturated carbocycles. The lowest BCUT2D eigenvalue weighted by Gasteiger charge is -2.07. The zero-order chi connectivity index (χ0) is 16.9. The fourth-order valence-electron chi connectivity index (χ4n) is 2.42. The molecule has 1 N–H and O–H groups in total. The van der Waals surface area contributed by atoms with Gasteiger partial charge < -0.3 is 14.5 Å². The number of aryl methyl sites for hydroxylation is 1. The van der Waals surface area contributed by atoms with Gasteiger partial charge >= 0.3 is 0 Å². The Labute approximate surface area is 140 Å². The predicted octanol–water partition coefficient (Wildman–Crippen LogP) is 3.59. The van der Waals surface area contributed by atoms with Crippen molar-refractivity contribution in [3.05, 3.63) is 71.7 Å². The number of hydrogen-bond donors (Lipinski definition) is 1. The van der Waals surface area contributed by atoms with Gasteiger partial charge in [-0.25, -0.2) is 4.98 Å². The van der Waals surface area contributed by atoms with E-state index in [9.17, 15) is 4.79 Å². The zero-order valence-corrected chi connectivity index (χ0v) is 13.6. The molecule has 1 aromatic heterocycles. The van der Waals surface area contributed by atoms with Crippen molar-refractivity contribution in [1.29, 1.82) is 0 Å². The molecule has 122 valence electrons. The maximum absolute atomic E-state index is 12.4. The standard InChI is InChI=1S/C19H18N2O3/c1-13-5-3-4-6-15(13)11-20-19(22)17-18(24-12-21-17)14-7-9-16(23-2)10-8-14/h3-10,12H,11H2,1-2H3,(H,20,22). The monoisotopic (exact) mass is 322 g/mol. The van der Waals surface area contributed by atoms with Crippen molar-refractivity contribution in [2.45, 2.75) is 13.5 Å². The van der Waals surface area contributed by atoms with Gasteiger partial charge in [-0.15, -0.1) is 0 Å². The smallest absolute Gasteiger partial charge is 0.274 e. The fraction of sp³-hybridized carbons (Fsp3) is 0.158. The minimum absolute atomic E-state index is 0.266. The van der Waals surface area contributed by atoms with E-state index in [4.69, 9.17) is 9.15 Å². The van der Waals surface area contributed by atoms with Gasteiger partial charge in [0.25, 0.3) is 5.91 Å². The first-order chi connectivity index (χ1) is 11.7. The van der Waals surface area contributed by atoms with Crippen LogP contribution in [0.2, 0.25) is 0 Å². The van der Waals surface area contributed by atoms with Crippen molar-refractivity contribution in [3.63, 3.8) is 0 Å². The van der Waals surface area contributed by atoms with Crippen LogP contribution in [0.1, 0.15) is 21.6 Å². The lowest BCUT2D eigenvalue weighted by Crippen LogP contribution is -2.24. The van der Waals surface area contributed by atoms with Gasteiger partial charge in [0.05, 0.1) is 7.11 Å². The van der Waals surface area contributed by atoms with Gasteiger partial charge in [0.1, 0.15) is 5.75 Å². The van der Waals surface area contributed by atoms with Gasteiger partial charge in [-0.3, -0.25) is 4.79 Å². The van der Waals surface area contributed by atoms with E-state index in [1.54, 1.807) is 7.11 Å². The molecule has 1 amide bonds. The average Bonchev–Trinajstić information content (AvgIpc) is 3.10. The highest BCUT2D eigenvalue weighted by molar-refractivity contribution is 5.97. The molecule has 0 saturated heterocycles. The molecule has 0 radical (unpaired) electrons. The quantitative estimate of drug-likeness (QED) is 0.779. The topological polar surface area (TPSA) is 64.4 Å². The van der Waals surface area contributed by atoms with E-state index in [1.807, 2.05) is 55.5 Å². The summed E-state index contributed by atoms with van der Waals surface area (Å²) in [6, 6.07) is 15.2. The van der Waals surface area contributed by atoms with Gasteiger partial charge in [0.15, 0.2) is 17.8 Å². The lowest BCUT2D eigenvalue weighted by atomic mass is 10.1. The second-order valence-electron chi connectivity index (χ2n) is 5.37. The van der Waals surface area contributed by atoms with Gasteiger partial charge in [-0.1, -0.05) is 24.3 Å². The van der Waals surface area contributed by atoms with Crippen LogP contribution in [0.3, 0.4) is 0 Å². The van der Waals surface area contributed by atoms with Crippen molar-refractivity contribution in [2.75, 3.05) is 7.11 Å². The molecule has 0 bridgehead atoms. The van der Waals surface area contributed by atoms with E-state index in [0.29, 0.717) is 12.3 Å². The van der Waals surface area contributed by atoms with E-state index in [2.05, 4.69) is 10.3 Å². The summed E-state index contributed by atoms with van der Waals surface area (Å²) in [5, 5.41) is 2.89. The van der Waals surface area contributed by atoms with Crippen LogP contribution in [0.4, 0.5) is 0 Å². The second kappa shape index (κ2) is 7.00. The molecule has 0 aliphatic rings. The SMILES string of the molecule is COc1ccc(-c2ocnc2C(=O)NCc2ccccc2C)cc1. The molecule has 0 spiro atoms. The van der Waals surface area contributed by atoms with Gasteiger partial charge in [0, 0.05) is 12.1 Å². The minimum Gasteiger partial charge on any atom is -0.497 e.